The molecule has 1 aromatic heterocycles. The predicted octanol–water partition coefficient (Wildman–Crippen LogP) is 1.94. The van der Waals surface area contributed by atoms with Crippen molar-refractivity contribution in [3.05, 3.63) is 44.2 Å². The molecule has 2 aromatic rings. The number of halogens is 2. The van der Waals surface area contributed by atoms with E-state index in [4.69, 9.17) is 28.9 Å². The molecule has 94 valence electrons. The maximum Gasteiger partial charge on any atom is 0.272 e. The molecular formula is C9H7Cl2N5O2. The molecule has 2 rings (SSSR count). The molecule has 1 aromatic carbocycles. The Morgan fingerprint density at radius 3 is 2.44 bits per heavy atom. The molecule has 0 fully saturated rings. The lowest BCUT2D eigenvalue weighted by Gasteiger charge is -2.05. The molecule has 0 saturated carbocycles. The molecule has 1 heterocycles. The van der Waals surface area contributed by atoms with Crippen LogP contribution < -0.4 is 5.73 Å². The van der Waals surface area contributed by atoms with Gasteiger partial charge >= 0.3 is 0 Å². The lowest BCUT2D eigenvalue weighted by molar-refractivity contribution is -0.384. The number of non-ortho nitro benzene ring substituents is 1. The van der Waals surface area contributed by atoms with Crippen LogP contribution in [0.2, 0.25) is 10.0 Å². The van der Waals surface area contributed by atoms with E-state index < -0.39 is 4.92 Å². The Hall–Kier alpha value is -1.70. The minimum absolute atomic E-state index is 0.114. The topological polar surface area (TPSA) is 99.9 Å². The van der Waals surface area contributed by atoms with E-state index in [1.54, 1.807) is 6.20 Å². The van der Waals surface area contributed by atoms with Gasteiger partial charge in [0.2, 0.25) is 0 Å². The first kappa shape index (κ1) is 12.7. The fourth-order valence-corrected chi connectivity index (χ4v) is 2.03. The first-order chi connectivity index (χ1) is 8.52. The maximum atomic E-state index is 10.6. The van der Waals surface area contributed by atoms with Crippen molar-refractivity contribution >= 4 is 28.9 Å². The first-order valence-electron chi connectivity index (χ1n) is 4.78. The quantitative estimate of drug-likeness (QED) is 0.687. The van der Waals surface area contributed by atoms with Gasteiger partial charge in [0.15, 0.2) is 0 Å². The van der Waals surface area contributed by atoms with Crippen LogP contribution in [0.4, 0.5) is 5.69 Å². The normalized spacial score (nSPS) is 10.6. The van der Waals surface area contributed by atoms with Gasteiger partial charge in [0.25, 0.3) is 5.69 Å². The van der Waals surface area contributed by atoms with Crippen molar-refractivity contribution in [1.29, 1.82) is 0 Å². The number of nitrogens with zero attached hydrogens (tertiary/aromatic N) is 4. The molecule has 2 N–H and O–H groups in total. The molecule has 0 radical (unpaired) electrons. The van der Waals surface area contributed by atoms with Crippen LogP contribution in [-0.2, 0) is 6.54 Å². The Balaban J connectivity index is 2.54. The van der Waals surface area contributed by atoms with E-state index in [0.717, 1.165) is 0 Å². The number of nitro benzene ring substituents is 1. The van der Waals surface area contributed by atoms with Gasteiger partial charge in [-0.25, -0.2) is 4.68 Å². The molecule has 7 nitrogen and oxygen atoms in total. The zero-order valence-corrected chi connectivity index (χ0v) is 10.4. The average molecular weight is 288 g/mol. The first-order valence-corrected chi connectivity index (χ1v) is 5.53. The van der Waals surface area contributed by atoms with Crippen LogP contribution in [0, 0.1) is 10.1 Å². The third-order valence-electron chi connectivity index (χ3n) is 2.19. The van der Waals surface area contributed by atoms with E-state index in [9.17, 15) is 10.1 Å². The minimum atomic E-state index is -0.575. The lowest BCUT2D eigenvalue weighted by atomic mass is 10.3. The molecule has 0 saturated heterocycles. The van der Waals surface area contributed by atoms with Crippen LogP contribution >= 0.6 is 23.2 Å². The number of hydrogen-bond acceptors (Lipinski definition) is 5. The molecule has 0 aliphatic rings. The molecular weight excluding hydrogens is 281 g/mol. The van der Waals surface area contributed by atoms with Gasteiger partial charge in [0, 0.05) is 18.7 Å². The van der Waals surface area contributed by atoms with E-state index in [0.29, 0.717) is 11.4 Å². The fraction of sp³-hybridized carbons (Fsp3) is 0.111. The number of rotatable bonds is 3. The fourth-order valence-electron chi connectivity index (χ4n) is 1.38. The predicted molar refractivity (Wildman–Crippen MR) is 65.9 cm³/mol. The van der Waals surface area contributed by atoms with E-state index in [2.05, 4.69) is 10.3 Å². The number of nitro groups is 1. The molecule has 18 heavy (non-hydrogen) atoms. The van der Waals surface area contributed by atoms with Crippen LogP contribution in [0.3, 0.4) is 0 Å². The van der Waals surface area contributed by atoms with Gasteiger partial charge in [-0.2, -0.15) is 0 Å². The molecule has 0 spiro atoms. The highest BCUT2D eigenvalue weighted by atomic mass is 35.5. The van der Waals surface area contributed by atoms with Gasteiger partial charge in [-0.1, -0.05) is 28.4 Å². The summed E-state index contributed by atoms with van der Waals surface area (Å²) in [6.45, 7) is 0.224. The zero-order chi connectivity index (χ0) is 13.3. The number of nitrogens with two attached hydrogens (primary N) is 1. The van der Waals surface area contributed by atoms with Crippen LogP contribution in [0.5, 0.6) is 0 Å². The maximum absolute atomic E-state index is 10.6. The molecule has 0 atom stereocenters. The van der Waals surface area contributed by atoms with Crippen LogP contribution in [0.1, 0.15) is 5.69 Å². The molecule has 9 heteroatoms. The highest BCUT2D eigenvalue weighted by Crippen LogP contribution is 2.32. The summed E-state index contributed by atoms with van der Waals surface area (Å²) >= 11 is 11.9. The second-order valence-electron chi connectivity index (χ2n) is 3.37. The van der Waals surface area contributed by atoms with Crippen molar-refractivity contribution in [2.75, 3.05) is 0 Å². The van der Waals surface area contributed by atoms with Crippen molar-refractivity contribution < 1.29 is 4.92 Å². The summed E-state index contributed by atoms with van der Waals surface area (Å²) in [5.41, 5.74) is 6.11. The number of aromatic nitrogens is 3. The molecule has 0 aliphatic carbocycles. The van der Waals surface area contributed by atoms with Gasteiger partial charge in [-0.15, -0.1) is 5.10 Å². The third-order valence-corrected chi connectivity index (χ3v) is 2.77. The van der Waals surface area contributed by atoms with Crippen molar-refractivity contribution in [1.82, 2.24) is 15.0 Å². The van der Waals surface area contributed by atoms with E-state index >= 15 is 0 Å². The van der Waals surface area contributed by atoms with Crippen molar-refractivity contribution in [3.63, 3.8) is 0 Å². The van der Waals surface area contributed by atoms with Gasteiger partial charge in [-0.3, -0.25) is 10.1 Å². The zero-order valence-electron chi connectivity index (χ0n) is 8.88. The molecule has 0 amide bonds. The summed E-state index contributed by atoms with van der Waals surface area (Å²) in [6.07, 6.45) is 1.55. The van der Waals surface area contributed by atoms with Gasteiger partial charge < -0.3 is 5.73 Å². The Morgan fingerprint density at radius 2 is 2.00 bits per heavy atom. The van der Waals surface area contributed by atoms with Gasteiger partial charge in [0.05, 0.1) is 26.9 Å². The summed E-state index contributed by atoms with van der Waals surface area (Å²) in [5, 5.41) is 18.5. The Morgan fingerprint density at radius 1 is 1.39 bits per heavy atom. The second-order valence-corrected chi connectivity index (χ2v) is 4.19. The van der Waals surface area contributed by atoms with E-state index in [1.807, 2.05) is 0 Å². The number of hydrogen-bond donors (Lipinski definition) is 1. The molecule has 0 unspecified atom stereocenters. The summed E-state index contributed by atoms with van der Waals surface area (Å²) in [7, 11) is 0. The standard InChI is InChI=1S/C9H7Cl2N5O2/c10-7-1-6(16(17)18)2-8(11)9(7)15-4-5(3-12)13-14-15/h1-2,4H,3,12H2. The van der Waals surface area contributed by atoms with Crippen molar-refractivity contribution in [2.24, 2.45) is 5.73 Å². The van der Waals surface area contributed by atoms with E-state index in [1.165, 1.54) is 16.8 Å². The minimum Gasteiger partial charge on any atom is -0.325 e. The molecule has 0 aliphatic heterocycles. The third kappa shape index (κ3) is 2.28. The van der Waals surface area contributed by atoms with Crippen molar-refractivity contribution in [2.45, 2.75) is 6.54 Å². The van der Waals surface area contributed by atoms with Gasteiger partial charge in [-0.05, 0) is 0 Å². The van der Waals surface area contributed by atoms with Crippen LogP contribution in [0.15, 0.2) is 18.3 Å². The number of benzene rings is 1. The SMILES string of the molecule is NCc1cn(-c2c(Cl)cc([N+](=O)[O-])cc2Cl)nn1. The molecule has 0 bridgehead atoms. The monoisotopic (exact) mass is 287 g/mol. The summed E-state index contributed by atoms with van der Waals surface area (Å²) in [4.78, 5) is 10.1. The highest BCUT2D eigenvalue weighted by molar-refractivity contribution is 6.38. The Kier molecular flexibility index (Phi) is 3.46. The van der Waals surface area contributed by atoms with Crippen LogP contribution in [-0.4, -0.2) is 19.9 Å². The smallest absolute Gasteiger partial charge is 0.272 e. The van der Waals surface area contributed by atoms with Crippen LogP contribution in [0.25, 0.3) is 5.69 Å². The summed E-state index contributed by atoms with van der Waals surface area (Å²) in [6, 6.07) is 2.40. The average Bonchev–Trinajstić information content (AvgIpc) is 2.76. The van der Waals surface area contributed by atoms with Crippen molar-refractivity contribution in [3.8, 4) is 5.69 Å². The highest BCUT2D eigenvalue weighted by Gasteiger charge is 2.17. The Labute approximate surface area is 111 Å². The largest absolute Gasteiger partial charge is 0.325 e. The summed E-state index contributed by atoms with van der Waals surface area (Å²) < 4.78 is 1.33. The van der Waals surface area contributed by atoms with Gasteiger partial charge in [0.1, 0.15) is 5.69 Å². The lowest BCUT2D eigenvalue weighted by Crippen LogP contribution is -1.99. The second kappa shape index (κ2) is 4.89. The Bertz CT molecular complexity index is 590. The summed E-state index contributed by atoms with van der Waals surface area (Å²) in [5.74, 6) is 0. The van der Waals surface area contributed by atoms with E-state index in [-0.39, 0.29) is 22.3 Å².